The molecule has 1 N–H and O–H groups in total. The first-order valence-electron chi connectivity index (χ1n) is 2.64. The molecule has 0 aliphatic carbocycles. The average Bonchev–Trinajstić information content (AvgIpc) is 1.67. The van der Waals surface area contributed by atoms with Gasteiger partial charge in [-0.05, 0) is 13.8 Å². The van der Waals surface area contributed by atoms with Crippen LogP contribution < -0.4 is 0 Å². The normalized spacial score (nSPS) is 18.0. The van der Waals surface area contributed by atoms with Gasteiger partial charge in [0.15, 0.2) is 0 Å². The van der Waals surface area contributed by atoms with Crippen LogP contribution in [0.15, 0.2) is 0 Å². The first-order chi connectivity index (χ1) is 3.68. The van der Waals surface area contributed by atoms with Crippen LogP contribution in [0.4, 0.5) is 0 Å². The van der Waals surface area contributed by atoms with Gasteiger partial charge in [-0.3, -0.25) is 0 Å². The molecule has 8 heavy (non-hydrogen) atoms. The number of rotatable bonds is 3. The lowest BCUT2D eigenvalue weighted by molar-refractivity contribution is -0.187. The van der Waals surface area contributed by atoms with Gasteiger partial charge in [-0.15, -0.1) is 0 Å². The van der Waals surface area contributed by atoms with Crippen molar-refractivity contribution in [1.82, 2.24) is 0 Å². The van der Waals surface area contributed by atoms with Crippen LogP contribution in [0.2, 0.25) is 0 Å². The van der Waals surface area contributed by atoms with Crippen molar-refractivity contribution >= 4 is 0 Å². The zero-order valence-corrected chi connectivity index (χ0v) is 5.13. The molecule has 2 atom stereocenters. The third-order valence-electron chi connectivity index (χ3n) is 0.725. The highest BCUT2D eigenvalue weighted by molar-refractivity contribution is 4.46. The van der Waals surface area contributed by atoms with Crippen molar-refractivity contribution in [1.29, 1.82) is 0 Å². The van der Waals surface area contributed by atoms with Crippen molar-refractivity contribution in [3.8, 4) is 0 Å². The Bertz CT molecular complexity index is 53.6. The molecule has 49 valence electrons. The minimum absolute atomic E-state index is 0.360. The van der Waals surface area contributed by atoms with Crippen molar-refractivity contribution in [3.05, 3.63) is 0 Å². The third-order valence-corrected chi connectivity index (χ3v) is 0.725. The van der Waals surface area contributed by atoms with Crippen molar-refractivity contribution in [3.63, 3.8) is 0 Å². The van der Waals surface area contributed by atoms with E-state index in [0.29, 0.717) is 6.61 Å². The molecule has 3 heteroatoms. The van der Waals surface area contributed by atoms with Crippen LogP contribution in [0.5, 0.6) is 0 Å². The summed E-state index contributed by atoms with van der Waals surface area (Å²) in [6, 6.07) is 0. The molecule has 0 aromatic heterocycles. The Morgan fingerprint density at radius 3 is 2.38 bits per heavy atom. The molecular weight excluding hydrogens is 108 g/mol. The maximum atomic E-state index is 10.4. The molecule has 0 saturated heterocycles. The van der Waals surface area contributed by atoms with Gasteiger partial charge in [0, 0.05) is 6.61 Å². The van der Waals surface area contributed by atoms with Gasteiger partial charge in [0.1, 0.15) is 6.10 Å². The van der Waals surface area contributed by atoms with E-state index in [2.05, 4.69) is 4.74 Å². The number of ether oxygens (including phenoxy) is 1. The van der Waals surface area contributed by atoms with Crippen molar-refractivity contribution < 1.29 is 14.9 Å². The molecule has 0 aliphatic heterocycles. The van der Waals surface area contributed by atoms with E-state index in [0.717, 1.165) is 0 Å². The fourth-order valence-electron chi connectivity index (χ4n) is 0.304. The van der Waals surface area contributed by atoms with Gasteiger partial charge in [-0.25, -0.2) is 0 Å². The molecule has 0 saturated carbocycles. The van der Waals surface area contributed by atoms with Crippen LogP contribution in [0.25, 0.3) is 0 Å². The topological polar surface area (TPSA) is 49.4 Å². The van der Waals surface area contributed by atoms with E-state index in [9.17, 15) is 5.11 Å². The SMILES string of the molecule is CCOC([O])C(C)O. The van der Waals surface area contributed by atoms with Crippen LogP contribution in [-0.2, 0) is 9.84 Å². The van der Waals surface area contributed by atoms with E-state index in [1.54, 1.807) is 6.92 Å². The standard InChI is InChI=1S/C5H11O3/c1-3-8-5(7)4(2)6/h4-6H,3H2,1-2H3. The second kappa shape index (κ2) is 3.83. The molecule has 0 fully saturated rings. The number of aliphatic hydroxyl groups is 1. The van der Waals surface area contributed by atoms with Gasteiger partial charge in [0.2, 0.25) is 6.29 Å². The minimum atomic E-state index is -1.28. The first kappa shape index (κ1) is 7.88. The van der Waals surface area contributed by atoms with Crippen LogP contribution in [0.1, 0.15) is 13.8 Å². The number of hydrogen-bond donors (Lipinski definition) is 1. The Kier molecular flexibility index (Phi) is 3.77. The Morgan fingerprint density at radius 1 is 1.75 bits per heavy atom. The van der Waals surface area contributed by atoms with Crippen LogP contribution in [0, 0.1) is 0 Å². The second-order valence-corrected chi connectivity index (χ2v) is 1.56. The summed E-state index contributed by atoms with van der Waals surface area (Å²) in [7, 11) is 0. The maximum Gasteiger partial charge on any atom is 0.217 e. The lowest BCUT2D eigenvalue weighted by atomic mass is 10.4. The maximum absolute atomic E-state index is 10.4. The monoisotopic (exact) mass is 119 g/mol. The number of hydrogen-bond acceptors (Lipinski definition) is 2. The van der Waals surface area contributed by atoms with Gasteiger partial charge in [-0.1, -0.05) is 0 Å². The van der Waals surface area contributed by atoms with E-state index in [1.807, 2.05) is 0 Å². The van der Waals surface area contributed by atoms with Crippen LogP contribution >= 0.6 is 0 Å². The molecule has 0 aromatic carbocycles. The molecule has 0 amide bonds. The Balaban J connectivity index is 3.17. The van der Waals surface area contributed by atoms with Gasteiger partial charge >= 0.3 is 0 Å². The van der Waals surface area contributed by atoms with Gasteiger partial charge in [0.25, 0.3) is 0 Å². The van der Waals surface area contributed by atoms with Gasteiger partial charge in [0.05, 0.1) is 0 Å². The lowest BCUT2D eigenvalue weighted by Crippen LogP contribution is -2.23. The summed E-state index contributed by atoms with van der Waals surface area (Å²) in [4.78, 5) is 0. The Morgan fingerprint density at radius 2 is 2.25 bits per heavy atom. The summed E-state index contributed by atoms with van der Waals surface area (Å²) in [6.07, 6.45) is -2.19. The molecule has 0 spiro atoms. The molecule has 2 unspecified atom stereocenters. The Labute approximate surface area is 48.9 Å². The highest BCUT2D eigenvalue weighted by atomic mass is 16.6. The molecular formula is C5H11O3. The van der Waals surface area contributed by atoms with Crippen LogP contribution in [-0.4, -0.2) is 24.1 Å². The van der Waals surface area contributed by atoms with E-state index < -0.39 is 12.4 Å². The predicted molar refractivity (Wildman–Crippen MR) is 27.8 cm³/mol. The molecule has 0 bridgehead atoms. The minimum Gasteiger partial charge on any atom is -0.388 e. The van der Waals surface area contributed by atoms with Crippen molar-refractivity contribution in [2.75, 3.05) is 6.61 Å². The zero-order valence-electron chi connectivity index (χ0n) is 5.13. The summed E-state index contributed by atoms with van der Waals surface area (Å²) < 4.78 is 4.50. The quantitative estimate of drug-likeness (QED) is 0.538. The summed E-state index contributed by atoms with van der Waals surface area (Å²) in [6.45, 7) is 3.49. The third kappa shape index (κ3) is 2.96. The van der Waals surface area contributed by atoms with Crippen molar-refractivity contribution in [2.24, 2.45) is 0 Å². The molecule has 0 heterocycles. The molecule has 3 nitrogen and oxygen atoms in total. The van der Waals surface area contributed by atoms with E-state index >= 15 is 0 Å². The fourth-order valence-corrected chi connectivity index (χ4v) is 0.304. The largest absolute Gasteiger partial charge is 0.388 e. The summed E-state index contributed by atoms with van der Waals surface area (Å²) in [5, 5.41) is 18.9. The zero-order chi connectivity index (χ0) is 6.57. The fraction of sp³-hybridized carbons (Fsp3) is 1.00. The van der Waals surface area contributed by atoms with Gasteiger partial charge in [-0.2, -0.15) is 5.11 Å². The van der Waals surface area contributed by atoms with E-state index in [-0.39, 0.29) is 0 Å². The smallest absolute Gasteiger partial charge is 0.217 e. The summed E-state index contributed by atoms with van der Waals surface area (Å²) in [5.41, 5.74) is 0. The number of aliphatic hydroxyl groups excluding tert-OH is 1. The van der Waals surface area contributed by atoms with E-state index in [4.69, 9.17) is 5.11 Å². The van der Waals surface area contributed by atoms with Crippen LogP contribution in [0.3, 0.4) is 0 Å². The molecule has 0 rings (SSSR count). The summed E-state index contributed by atoms with van der Waals surface area (Å²) >= 11 is 0. The highest BCUT2D eigenvalue weighted by Gasteiger charge is 2.10. The molecule has 1 radical (unpaired) electrons. The van der Waals surface area contributed by atoms with Crippen molar-refractivity contribution in [2.45, 2.75) is 26.2 Å². The Hall–Kier alpha value is -0.120. The first-order valence-corrected chi connectivity index (χ1v) is 2.64. The molecule has 0 aromatic rings. The summed E-state index contributed by atoms with van der Waals surface area (Å²) in [5.74, 6) is 0. The average molecular weight is 119 g/mol. The highest BCUT2D eigenvalue weighted by Crippen LogP contribution is 1.93. The second-order valence-electron chi connectivity index (χ2n) is 1.56. The van der Waals surface area contributed by atoms with Gasteiger partial charge < -0.3 is 9.84 Å². The molecule has 0 aliphatic rings. The van der Waals surface area contributed by atoms with E-state index in [1.165, 1.54) is 6.92 Å². The predicted octanol–water partition coefficient (Wildman–Crippen LogP) is 0.160. The lowest BCUT2D eigenvalue weighted by Gasteiger charge is -2.09.